The Morgan fingerprint density at radius 1 is 1.00 bits per heavy atom. The molecule has 1 saturated carbocycles. The van der Waals surface area contributed by atoms with E-state index < -0.39 is 0 Å². The van der Waals surface area contributed by atoms with Crippen molar-refractivity contribution in [3.8, 4) is 0 Å². The first kappa shape index (κ1) is 13.4. The zero-order valence-electron chi connectivity index (χ0n) is 12.9. The molecule has 1 aliphatic carbocycles. The number of rotatable bonds is 2. The monoisotopic (exact) mass is 282 g/mol. The molecule has 2 aliphatic heterocycles. The molecule has 1 aromatic carbocycles. The summed E-state index contributed by atoms with van der Waals surface area (Å²) < 4.78 is 0. The minimum absolute atomic E-state index is 0.980. The lowest BCUT2D eigenvalue weighted by molar-refractivity contribution is 0.0546. The molecule has 2 fully saturated rings. The molecule has 1 saturated heterocycles. The lowest BCUT2D eigenvalue weighted by atomic mass is 9.75. The third-order valence-corrected chi connectivity index (χ3v) is 5.65. The molecule has 0 N–H and O–H groups in total. The third-order valence-electron chi connectivity index (χ3n) is 5.65. The van der Waals surface area contributed by atoms with E-state index in [2.05, 4.69) is 46.3 Å². The molecule has 2 unspecified atom stereocenters. The number of likely N-dealkylation sites (tertiary alicyclic amines) is 1. The van der Waals surface area contributed by atoms with Gasteiger partial charge in [0.2, 0.25) is 0 Å². The SMILES string of the molecule is C1=CN(CN2CCC3CCCCC3C2)Cc2ccccc21. The highest BCUT2D eigenvalue weighted by atomic mass is 15.3. The predicted octanol–water partition coefficient (Wildman–Crippen LogP) is 3.94. The van der Waals surface area contributed by atoms with Crippen LogP contribution in [0.3, 0.4) is 0 Å². The highest BCUT2D eigenvalue weighted by Crippen LogP contribution is 2.36. The average molecular weight is 282 g/mol. The summed E-state index contributed by atoms with van der Waals surface area (Å²) in [5, 5.41) is 0. The zero-order chi connectivity index (χ0) is 14.1. The quantitative estimate of drug-likeness (QED) is 0.810. The minimum Gasteiger partial charge on any atom is -0.360 e. The van der Waals surface area contributed by atoms with E-state index in [4.69, 9.17) is 0 Å². The molecule has 0 aromatic heterocycles. The maximum atomic E-state index is 2.69. The van der Waals surface area contributed by atoms with Gasteiger partial charge in [-0.15, -0.1) is 0 Å². The molecule has 2 atom stereocenters. The fourth-order valence-electron chi connectivity index (χ4n) is 4.46. The van der Waals surface area contributed by atoms with E-state index >= 15 is 0 Å². The first-order chi connectivity index (χ1) is 10.4. The topological polar surface area (TPSA) is 6.48 Å². The summed E-state index contributed by atoms with van der Waals surface area (Å²) in [4.78, 5) is 5.16. The Morgan fingerprint density at radius 3 is 2.81 bits per heavy atom. The number of nitrogens with zero attached hydrogens (tertiary/aromatic N) is 2. The number of fused-ring (bicyclic) bond motifs is 2. The van der Waals surface area contributed by atoms with Gasteiger partial charge < -0.3 is 4.90 Å². The molecule has 0 bridgehead atoms. The molecule has 4 rings (SSSR count). The van der Waals surface area contributed by atoms with Crippen molar-refractivity contribution in [2.24, 2.45) is 11.8 Å². The highest BCUT2D eigenvalue weighted by molar-refractivity contribution is 5.55. The molecule has 0 amide bonds. The fourth-order valence-corrected chi connectivity index (χ4v) is 4.46. The van der Waals surface area contributed by atoms with E-state index in [1.54, 1.807) is 0 Å². The number of hydrogen-bond acceptors (Lipinski definition) is 2. The summed E-state index contributed by atoms with van der Waals surface area (Å²) in [6.07, 6.45) is 11.9. The Balaban J connectivity index is 1.37. The van der Waals surface area contributed by atoms with Gasteiger partial charge >= 0.3 is 0 Å². The van der Waals surface area contributed by atoms with Gasteiger partial charge in [0.1, 0.15) is 0 Å². The first-order valence-electron chi connectivity index (χ1n) is 8.61. The van der Waals surface area contributed by atoms with Gasteiger partial charge in [-0.3, -0.25) is 4.90 Å². The van der Waals surface area contributed by atoms with Crippen LogP contribution < -0.4 is 0 Å². The predicted molar refractivity (Wildman–Crippen MR) is 87.5 cm³/mol. The maximum Gasteiger partial charge on any atom is 0.0705 e. The maximum absolute atomic E-state index is 2.69. The van der Waals surface area contributed by atoms with E-state index in [1.165, 1.54) is 56.3 Å². The molecular weight excluding hydrogens is 256 g/mol. The Hall–Kier alpha value is -1.28. The lowest BCUT2D eigenvalue weighted by Gasteiger charge is -2.43. The smallest absolute Gasteiger partial charge is 0.0705 e. The van der Waals surface area contributed by atoms with Crippen LogP contribution in [0.5, 0.6) is 0 Å². The van der Waals surface area contributed by atoms with Crippen molar-refractivity contribution in [1.82, 2.24) is 9.80 Å². The molecule has 2 heterocycles. The van der Waals surface area contributed by atoms with Crippen LogP contribution in [0, 0.1) is 11.8 Å². The van der Waals surface area contributed by atoms with Crippen LogP contribution in [0.4, 0.5) is 0 Å². The average Bonchev–Trinajstić information content (AvgIpc) is 2.55. The van der Waals surface area contributed by atoms with Crippen LogP contribution >= 0.6 is 0 Å². The Labute approximate surface area is 128 Å². The standard InChI is InChI=1S/C19H26N2/c1-3-7-18-13-20(11-9-16(18)5-1)15-21-12-10-17-6-2-4-8-19(17)14-21/h1,3,5,7,9,11,17,19H,2,4,6,8,10,12-15H2. The Morgan fingerprint density at radius 2 is 1.86 bits per heavy atom. The molecule has 1 aromatic rings. The van der Waals surface area contributed by atoms with Crippen LogP contribution in [0.25, 0.3) is 6.08 Å². The van der Waals surface area contributed by atoms with E-state index in [-0.39, 0.29) is 0 Å². The van der Waals surface area contributed by atoms with Gasteiger partial charge in [-0.1, -0.05) is 43.5 Å². The van der Waals surface area contributed by atoms with Gasteiger partial charge in [-0.05, 0) is 41.9 Å². The summed E-state index contributed by atoms with van der Waals surface area (Å²) in [7, 11) is 0. The van der Waals surface area contributed by atoms with Gasteiger partial charge in [0.25, 0.3) is 0 Å². The molecule has 21 heavy (non-hydrogen) atoms. The second-order valence-corrected chi connectivity index (χ2v) is 7.07. The minimum atomic E-state index is 0.980. The number of hydrogen-bond donors (Lipinski definition) is 0. The van der Waals surface area contributed by atoms with Crippen molar-refractivity contribution in [3.05, 3.63) is 41.6 Å². The van der Waals surface area contributed by atoms with Crippen LogP contribution in [0.1, 0.15) is 43.2 Å². The largest absolute Gasteiger partial charge is 0.360 e. The number of piperidine rings is 1. The van der Waals surface area contributed by atoms with Gasteiger partial charge in [0.15, 0.2) is 0 Å². The normalized spacial score (nSPS) is 29.0. The molecule has 0 spiro atoms. The molecule has 3 aliphatic rings. The lowest BCUT2D eigenvalue weighted by Crippen LogP contribution is -2.45. The van der Waals surface area contributed by atoms with Gasteiger partial charge in [0.05, 0.1) is 6.67 Å². The molecular formula is C19H26N2. The van der Waals surface area contributed by atoms with Crippen molar-refractivity contribution < 1.29 is 0 Å². The first-order valence-corrected chi connectivity index (χ1v) is 8.61. The molecule has 2 heteroatoms. The third kappa shape index (κ3) is 2.87. The summed E-state index contributed by atoms with van der Waals surface area (Å²) in [6, 6.07) is 8.77. The summed E-state index contributed by atoms with van der Waals surface area (Å²) in [5.74, 6) is 2.01. The van der Waals surface area contributed by atoms with E-state index in [9.17, 15) is 0 Å². The molecule has 112 valence electrons. The van der Waals surface area contributed by atoms with E-state index in [0.29, 0.717) is 0 Å². The van der Waals surface area contributed by atoms with Crippen molar-refractivity contribution in [2.75, 3.05) is 19.8 Å². The second-order valence-electron chi connectivity index (χ2n) is 7.07. The summed E-state index contributed by atoms with van der Waals surface area (Å²) in [6.45, 7) is 4.80. The number of benzene rings is 1. The van der Waals surface area contributed by atoms with Gasteiger partial charge in [-0.25, -0.2) is 0 Å². The summed E-state index contributed by atoms with van der Waals surface area (Å²) in [5.41, 5.74) is 2.85. The van der Waals surface area contributed by atoms with Gasteiger partial charge in [-0.2, -0.15) is 0 Å². The zero-order valence-corrected chi connectivity index (χ0v) is 12.9. The van der Waals surface area contributed by atoms with E-state index in [0.717, 1.165) is 25.0 Å². The summed E-state index contributed by atoms with van der Waals surface area (Å²) >= 11 is 0. The Bertz CT molecular complexity index is 522. The van der Waals surface area contributed by atoms with Crippen LogP contribution in [-0.2, 0) is 6.54 Å². The van der Waals surface area contributed by atoms with Crippen LogP contribution in [0.15, 0.2) is 30.5 Å². The molecule has 2 nitrogen and oxygen atoms in total. The van der Waals surface area contributed by atoms with Crippen molar-refractivity contribution in [1.29, 1.82) is 0 Å². The van der Waals surface area contributed by atoms with Crippen molar-refractivity contribution >= 4 is 6.08 Å². The highest BCUT2D eigenvalue weighted by Gasteiger charge is 2.31. The molecule has 0 radical (unpaired) electrons. The van der Waals surface area contributed by atoms with Crippen LogP contribution in [0.2, 0.25) is 0 Å². The Kier molecular flexibility index (Phi) is 3.72. The van der Waals surface area contributed by atoms with Gasteiger partial charge in [0, 0.05) is 25.8 Å². The van der Waals surface area contributed by atoms with Crippen LogP contribution in [-0.4, -0.2) is 29.6 Å². The second kappa shape index (κ2) is 5.84. The van der Waals surface area contributed by atoms with Crippen molar-refractivity contribution in [2.45, 2.75) is 38.6 Å². The van der Waals surface area contributed by atoms with E-state index in [1.807, 2.05) is 0 Å². The fraction of sp³-hybridized carbons (Fsp3) is 0.579. The van der Waals surface area contributed by atoms with Crippen molar-refractivity contribution in [3.63, 3.8) is 0 Å².